The molecule has 0 aromatic rings. The number of ether oxygens (including phenoxy) is 1. The number of nitrogens with zero attached hydrogens (tertiary/aromatic N) is 3. The topological polar surface area (TPSA) is 173 Å². The molecule has 0 aliphatic rings. The first-order valence-corrected chi connectivity index (χ1v) is 26.8. The molecule has 0 aliphatic heterocycles. The molecule has 0 heterocycles. The van der Waals surface area contributed by atoms with Crippen LogP contribution in [0, 0.1) is 0 Å². The van der Waals surface area contributed by atoms with E-state index in [1.807, 2.05) is 20.8 Å². The third kappa shape index (κ3) is 62.2. The van der Waals surface area contributed by atoms with Crippen molar-refractivity contribution in [3.05, 3.63) is 36.5 Å². The maximum absolute atomic E-state index is 11.4. The van der Waals surface area contributed by atoms with Crippen molar-refractivity contribution in [2.75, 3.05) is 165 Å². The van der Waals surface area contributed by atoms with E-state index in [0.717, 1.165) is 120 Å². The third-order valence-electron chi connectivity index (χ3n) is 10.7. The van der Waals surface area contributed by atoms with Crippen LogP contribution in [-0.4, -0.2) is 236 Å². The second-order valence-electron chi connectivity index (χ2n) is 22.2. The molecule has 0 aromatic heterocycles. The summed E-state index contributed by atoms with van der Waals surface area (Å²) in [5.41, 5.74) is 3.57. The number of aliphatic hydroxyl groups excluding tert-OH is 3. The SMILES string of the molecule is C=C(C)C[N+](C)(CCO)CCNC(C)C.C=C(C)C[NH+](CCO)CCNC(C)C.C=C(C)C[NH2+]CCOC(C)C.CC(=O)C[N+](C)(C)CCNC(C)C.CCC[N+](CCO)(CCNC(C)C)CC(C)=O. The molecule has 0 aromatic carbocycles. The van der Waals surface area contributed by atoms with Crippen LogP contribution in [0.1, 0.15) is 117 Å². The number of nitrogens with one attached hydrogen (secondary N) is 5. The molecular weight excluding hydrogens is 883 g/mol. The highest BCUT2D eigenvalue weighted by Crippen LogP contribution is 2.09. The van der Waals surface area contributed by atoms with Crippen molar-refractivity contribution < 1.29 is 53.3 Å². The van der Waals surface area contributed by atoms with Crippen LogP contribution in [0.25, 0.3) is 0 Å². The molecule has 0 bridgehead atoms. The number of Topliss-reactive ketones (excluding diaryl/α,β-unsaturated/α-hetero) is 2. The van der Waals surface area contributed by atoms with E-state index in [0.29, 0.717) is 54.4 Å². The molecule has 0 amide bonds. The maximum Gasteiger partial charge on any atom is 0.183 e. The second kappa shape index (κ2) is 48.0. The van der Waals surface area contributed by atoms with Crippen molar-refractivity contribution >= 4 is 11.6 Å². The molecule has 3 atom stereocenters. The fourth-order valence-electron chi connectivity index (χ4n) is 7.61. The number of hydrogen-bond donors (Lipinski definition) is 9. The molecule has 15 nitrogen and oxygen atoms in total. The summed E-state index contributed by atoms with van der Waals surface area (Å²) in [6.45, 7) is 62.1. The molecule has 0 saturated carbocycles. The number of nitrogens with two attached hydrogens (primary N) is 1. The van der Waals surface area contributed by atoms with Gasteiger partial charge in [0.2, 0.25) is 0 Å². The smallest absolute Gasteiger partial charge is 0.183 e. The van der Waals surface area contributed by atoms with Gasteiger partial charge in [-0.1, -0.05) is 82.1 Å². The Labute approximate surface area is 434 Å². The molecular formula is C55H124N9O6+5. The van der Waals surface area contributed by atoms with E-state index in [4.69, 9.17) is 14.9 Å². The third-order valence-corrected chi connectivity index (χ3v) is 10.7. The molecule has 0 saturated heterocycles. The number of quaternary nitrogens is 5. The Morgan fingerprint density at radius 3 is 1.43 bits per heavy atom. The average Bonchev–Trinajstić information content (AvgIpc) is 3.17. The summed E-state index contributed by atoms with van der Waals surface area (Å²) in [4.78, 5) is 23.7. The number of hydrogen-bond acceptors (Lipinski definition) is 10. The van der Waals surface area contributed by atoms with E-state index in [-0.39, 0.29) is 31.4 Å². The van der Waals surface area contributed by atoms with E-state index in [1.165, 1.54) is 21.6 Å². The molecule has 420 valence electrons. The molecule has 0 radical (unpaired) electrons. The van der Waals surface area contributed by atoms with Gasteiger partial charge in [0.1, 0.15) is 32.7 Å². The van der Waals surface area contributed by atoms with Gasteiger partial charge in [-0.2, -0.15) is 0 Å². The predicted octanol–water partition coefficient (Wildman–Crippen LogP) is 2.43. The van der Waals surface area contributed by atoms with E-state index in [1.54, 1.807) is 13.8 Å². The number of likely N-dealkylation sites (N-methyl/N-ethyl adjacent to an activating group) is 2. The van der Waals surface area contributed by atoms with Gasteiger partial charge in [-0.15, -0.1) is 0 Å². The first-order valence-electron chi connectivity index (χ1n) is 26.8. The van der Waals surface area contributed by atoms with E-state index in [2.05, 4.69) is 144 Å². The Balaban J connectivity index is -0.000000253. The van der Waals surface area contributed by atoms with Crippen molar-refractivity contribution in [2.45, 2.75) is 147 Å². The highest BCUT2D eigenvalue weighted by atomic mass is 16.5. The zero-order valence-corrected chi connectivity index (χ0v) is 49.8. The van der Waals surface area contributed by atoms with Gasteiger partial charge in [-0.3, -0.25) is 9.59 Å². The van der Waals surface area contributed by atoms with Crippen LogP contribution >= 0.6 is 0 Å². The van der Waals surface area contributed by atoms with Gasteiger partial charge in [0.15, 0.2) is 11.6 Å². The van der Waals surface area contributed by atoms with Gasteiger partial charge in [0.05, 0.1) is 113 Å². The van der Waals surface area contributed by atoms with E-state index >= 15 is 0 Å². The minimum absolute atomic E-state index is 0.148. The van der Waals surface area contributed by atoms with Crippen LogP contribution in [0.3, 0.4) is 0 Å². The van der Waals surface area contributed by atoms with Gasteiger partial charge in [-0.25, -0.2) is 0 Å². The molecule has 0 rings (SSSR count). The minimum Gasteiger partial charge on any atom is -0.391 e. The number of rotatable bonds is 38. The lowest BCUT2D eigenvalue weighted by Gasteiger charge is -2.37. The molecule has 0 fully saturated rings. The zero-order chi connectivity index (χ0) is 55.4. The van der Waals surface area contributed by atoms with Gasteiger partial charge >= 0.3 is 0 Å². The fourth-order valence-corrected chi connectivity index (χ4v) is 7.61. The first kappa shape index (κ1) is 76.9. The summed E-state index contributed by atoms with van der Waals surface area (Å²) in [5, 5.41) is 42.9. The fraction of sp³-hybridized carbons (Fsp3) is 0.855. The number of aliphatic hydroxyl groups is 3. The Kier molecular flexibility index (Phi) is 52.8. The van der Waals surface area contributed by atoms with Crippen molar-refractivity contribution in [3.8, 4) is 0 Å². The quantitative estimate of drug-likeness (QED) is 0.0254. The number of carbonyl (C=O) groups is 2. The number of ketones is 2. The monoisotopic (exact) mass is 1010 g/mol. The Bertz CT molecular complexity index is 1270. The molecule has 10 N–H and O–H groups in total. The van der Waals surface area contributed by atoms with Crippen molar-refractivity contribution in [2.24, 2.45) is 0 Å². The van der Waals surface area contributed by atoms with Crippen LogP contribution in [0.5, 0.6) is 0 Å². The standard InChI is InChI=1S/C13H29N2O2.C12H27N2O.C11H24N2O.C10H23N2O.C9H19NO/c1-5-7-15(9-10-16,11-13(4)17)8-6-14-12(2)3;1-11(2)10-14(5,8-9-15)7-6-13-12(3)4;1-10(2)9-13(7-8-14)6-5-12-11(3)4;1-9(2)11-6-7-12(4,5)8-10(3)13;1-8(2)7-10-5-6-11-9(3)4/h12,14,16H,5-11H2,1-4H3;12-13,15H,1,6-10H2,2-5H3;11-12,14H,1,5-9H2,2-4H3;9,11H,6-8H2,1-5H3;9-10H,1,5-7H2,2-4H3/q2*+1;;+1;/p+2. The summed E-state index contributed by atoms with van der Waals surface area (Å²) >= 11 is 0. The lowest BCUT2D eigenvalue weighted by molar-refractivity contribution is -0.920. The van der Waals surface area contributed by atoms with Crippen LogP contribution in [-0.2, 0) is 14.3 Å². The van der Waals surface area contributed by atoms with E-state index < -0.39 is 0 Å². The van der Waals surface area contributed by atoms with Crippen molar-refractivity contribution in [3.63, 3.8) is 0 Å². The molecule has 15 heteroatoms. The second-order valence-corrected chi connectivity index (χ2v) is 22.2. The Morgan fingerprint density at radius 2 is 1.04 bits per heavy atom. The lowest BCUT2D eigenvalue weighted by atomic mass is 10.2. The normalized spacial score (nSPS) is 13.5. The van der Waals surface area contributed by atoms with Crippen LogP contribution in [0.4, 0.5) is 0 Å². The highest BCUT2D eigenvalue weighted by molar-refractivity contribution is 5.76. The molecule has 0 spiro atoms. The lowest BCUT2D eigenvalue weighted by Crippen LogP contribution is -3.13. The van der Waals surface area contributed by atoms with Crippen LogP contribution < -0.4 is 31.5 Å². The van der Waals surface area contributed by atoms with Gasteiger partial charge in [0, 0.05) is 64.2 Å². The largest absolute Gasteiger partial charge is 0.391 e. The summed E-state index contributed by atoms with van der Waals surface area (Å²) in [7, 11) is 6.35. The minimum atomic E-state index is 0.148. The van der Waals surface area contributed by atoms with Crippen molar-refractivity contribution in [1.82, 2.24) is 21.3 Å². The van der Waals surface area contributed by atoms with Crippen LogP contribution in [0.2, 0.25) is 0 Å². The van der Waals surface area contributed by atoms with Gasteiger partial charge in [-0.05, 0) is 57.8 Å². The van der Waals surface area contributed by atoms with Gasteiger partial charge < -0.3 is 65.0 Å². The maximum atomic E-state index is 11.4. The van der Waals surface area contributed by atoms with Crippen molar-refractivity contribution in [1.29, 1.82) is 0 Å². The summed E-state index contributed by atoms with van der Waals surface area (Å²) < 4.78 is 7.71. The summed E-state index contributed by atoms with van der Waals surface area (Å²) in [5.74, 6) is 0.464. The average molecular weight is 1010 g/mol. The van der Waals surface area contributed by atoms with Crippen LogP contribution in [0.15, 0.2) is 36.5 Å². The first-order chi connectivity index (χ1) is 32.4. The Hall–Kier alpha value is -1.96. The Morgan fingerprint density at radius 1 is 0.571 bits per heavy atom. The van der Waals surface area contributed by atoms with Gasteiger partial charge in [0.25, 0.3) is 0 Å². The highest BCUT2D eigenvalue weighted by Gasteiger charge is 2.27. The summed E-state index contributed by atoms with van der Waals surface area (Å²) in [6.07, 6.45) is 1.39. The molecule has 70 heavy (non-hydrogen) atoms. The molecule has 0 aliphatic carbocycles. The number of carbonyl (C=O) groups excluding carboxylic acids is 2. The predicted molar refractivity (Wildman–Crippen MR) is 301 cm³/mol. The summed E-state index contributed by atoms with van der Waals surface area (Å²) in [6, 6.07) is 2.05. The zero-order valence-electron chi connectivity index (χ0n) is 49.8. The van der Waals surface area contributed by atoms with E-state index in [9.17, 15) is 14.7 Å². The molecule has 3 unspecified atom stereocenters.